The lowest BCUT2D eigenvalue weighted by molar-refractivity contribution is -0.139. The molecule has 44 heavy (non-hydrogen) atoms. The Kier molecular flexibility index (Phi) is 9.35. The second-order valence-electron chi connectivity index (χ2n) is 10.1. The van der Waals surface area contributed by atoms with Crippen LogP contribution in [-0.2, 0) is 19.0 Å². The Morgan fingerprint density at radius 2 is 1.59 bits per heavy atom. The fourth-order valence-electron chi connectivity index (χ4n) is 5.03. The van der Waals surface area contributed by atoms with E-state index in [9.17, 15) is 14.4 Å². The van der Waals surface area contributed by atoms with Gasteiger partial charge in [-0.15, -0.1) is 11.8 Å². The van der Waals surface area contributed by atoms with Crippen LogP contribution in [0.3, 0.4) is 0 Å². The fourth-order valence-corrected chi connectivity index (χ4v) is 5.44. The zero-order valence-electron chi connectivity index (χ0n) is 24.4. The van der Waals surface area contributed by atoms with E-state index < -0.39 is 23.9 Å². The van der Waals surface area contributed by atoms with Crippen LogP contribution in [0.1, 0.15) is 18.9 Å². The van der Waals surface area contributed by atoms with E-state index in [1.165, 1.54) is 6.92 Å². The molecular formula is C35H32N2O6S. The van der Waals surface area contributed by atoms with Gasteiger partial charge in [0.1, 0.15) is 6.61 Å². The third-order valence-corrected chi connectivity index (χ3v) is 7.81. The third-order valence-electron chi connectivity index (χ3n) is 7.07. The SMILES string of the molecule is C=C(C)C(=O)OCCNC(=O)OC1(OC(=O)Nc2ccc(SC)cc2)CC=c2ccccc2=C1c1cccc2ccccc12. The Morgan fingerprint density at radius 3 is 2.36 bits per heavy atom. The Morgan fingerprint density at radius 1 is 0.886 bits per heavy atom. The topological polar surface area (TPSA) is 103 Å². The van der Waals surface area contributed by atoms with Crippen molar-refractivity contribution in [2.24, 2.45) is 0 Å². The molecular weight excluding hydrogens is 576 g/mol. The standard InChI is InChI=1S/C35H32N2O6S/c1-23(2)32(38)41-22-21-36-33(39)42-35(43-34(40)37-26-15-17-27(44-3)18-16-26)20-19-25-10-5-7-13-29(25)31(35)30-14-8-11-24-9-4-6-12-28(24)30/h4-19H,1,20-22H2,2-3H3,(H,36,39)(H,37,40). The van der Waals surface area contributed by atoms with Gasteiger partial charge in [0.05, 0.1) is 12.1 Å². The van der Waals surface area contributed by atoms with Crippen LogP contribution in [0, 0.1) is 0 Å². The molecule has 1 aliphatic carbocycles. The number of hydrogen-bond acceptors (Lipinski definition) is 7. The van der Waals surface area contributed by atoms with Gasteiger partial charge in [0.2, 0.25) is 0 Å². The summed E-state index contributed by atoms with van der Waals surface area (Å²) in [7, 11) is 0. The maximum absolute atomic E-state index is 13.5. The second-order valence-corrected chi connectivity index (χ2v) is 11.0. The molecule has 0 spiro atoms. The number of alkyl carbamates (subject to hydrolysis) is 1. The van der Waals surface area contributed by atoms with Gasteiger partial charge in [-0.1, -0.05) is 79.4 Å². The molecule has 9 heteroatoms. The van der Waals surface area contributed by atoms with Gasteiger partial charge in [-0.25, -0.2) is 14.4 Å². The first-order chi connectivity index (χ1) is 21.3. The maximum Gasteiger partial charge on any atom is 0.415 e. The summed E-state index contributed by atoms with van der Waals surface area (Å²) in [6.45, 7) is 4.98. The summed E-state index contributed by atoms with van der Waals surface area (Å²) in [5, 5.41) is 8.93. The summed E-state index contributed by atoms with van der Waals surface area (Å²) in [6.07, 6.45) is 2.26. The number of hydrogen-bond donors (Lipinski definition) is 2. The van der Waals surface area contributed by atoms with Gasteiger partial charge in [-0.2, -0.15) is 0 Å². The van der Waals surface area contributed by atoms with Crippen LogP contribution in [0.5, 0.6) is 0 Å². The predicted molar refractivity (Wildman–Crippen MR) is 173 cm³/mol. The molecule has 0 saturated carbocycles. The van der Waals surface area contributed by atoms with Crippen molar-refractivity contribution < 1.29 is 28.6 Å². The summed E-state index contributed by atoms with van der Waals surface area (Å²) in [5.74, 6) is -2.41. The molecule has 0 fully saturated rings. The average molecular weight is 609 g/mol. The normalized spacial score (nSPS) is 15.4. The lowest BCUT2D eigenvalue weighted by Crippen LogP contribution is -2.51. The minimum absolute atomic E-state index is 0.0220. The molecule has 0 aliphatic heterocycles. The number of ether oxygens (including phenoxy) is 3. The highest BCUT2D eigenvalue weighted by molar-refractivity contribution is 7.98. The molecule has 8 nitrogen and oxygen atoms in total. The molecule has 1 atom stereocenters. The van der Waals surface area contributed by atoms with Crippen molar-refractivity contribution in [3.8, 4) is 0 Å². The molecule has 1 aliphatic rings. The smallest absolute Gasteiger partial charge is 0.415 e. The van der Waals surface area contributed by atoms with Crippen molar-refractivity contribution in [2.45, 2.75) is 24.0 Å². The highest BCUT2D eigenvalue weighted by Gasteiger charge is 2.45. The summed E-state index contributed by atoms with van der Waals surface area (Å²) >= 11 is 1.59. The van der Waals surface area contributed by atoms with Gasteiger partial charge in [0.15, 0.2) is 0 Å². The van der Waals surface area contributed by atoms with Crippen LogP contribution in [-0.4, -0.2) is 43.4 Å². The first-order valence-electron chi connectivity index (χ1n) is 14.0. The Hall–Kier alpha value is -5.02. The molecule has 0 bridgehead atoms. The van der Waals surface area contributed by atoms with E-state index in [2.05, 4.69) is 17.2 Å². The Balaban J connectivity index is 1.55. The number of amides is 2. The molecule has 1 unspecified atom stereocenters. The first kappa shape index (κ1) is 30.4. The fraction of sp³-hybridized carbons (Fsp3) is 0.171. The number of anilines is 1. The zero-order valence-corrected chi connectivity index (χ0v) is 25.2. The van der Waals surface area contributed by atoms with Crippen LogP contribution in [0.25, 0.3) is 22.4 Å². The van der Waals surface area contributed by atoms with Crippen molar-refractivity contribution in [2.75, 3.05) is 24.7 Å². The quantitative estimate of drug-likeness (QED) is 0.0822. The van der Waals surface area contributed by atoms with Crippen LogP contribution >= 0.6 is 11.8 Å². The molecule has 224 valence electrons. The molecule has 0 saturated heterocycles. The van der Waals surface area contributed by atoms with E-state index in [0.29, 0.717) is 11.3 Å². The van der Waals surface area contributed by atoms with Crippen molar-refractivity contribution in [3.05, 3.63) is 119 Å². The first-order valence-corrected chi connectivity index (χ1v) is 15.2. The van der Waals surface area contributed by atoms with Gasteiger partial charge in [0.25, 0.3) is 5.79 Å². The molecule has 4 aromatic rings. The number of thioether (sulfide) groups is 1. The number of benzene rings is 4. The van der Waals surface area contributed by atoms with E-state index in [-0.39, 0.29) is 25.1 Å². The van der Waals surface area contributed by atoms with Gasteiger partial charge in [-0.3, -0.25) is 5.32 Å². The second kappa shape index (κ2) is 13.5. The number of rotatable bonds is 9. The van der Waals surface area contributed by atoms with E-state index in [0.717, 1.165) is 31.7 Å². The van der Waals surface area contributed by atoms with Crippen molar-refractivity contribution in [3.63, 3.8) is 0 Å². The lowest BCUT2D eigenvalue weighted by atomic mass is 9.85. The van der Waals surface area contributed by atoms with Gasteiger partial charge >= 0.3 is 18.2 Å². The van der Waals surface area contributed by atoms with Gasteiger partial charge in [0, 0.05) is 22.6 Å². The molecule has 5 rings (SSSR count). The Labute approximate surface area is 259 Å². The third kappa shape index (κ3) is 6.79. The highest BCUT2D eigenvalue weighted by atomic mass is 32.2. The molecule has 4 aromatic carbocycles. The minimum atomic E-state index is -1.85. The van der Waals surface area contributed by atoms with Crippen LogP contribution < -0.4 is 21.1 Å². The maximum atomic E-state index is 13.5. The average Bonchev–Trinajstić information content (AvgIpc) is 3.03. The minimum Gasteiger partial charge on any atom is -0.460 e. The Bertz CT molecular complexity index is 1850. The lowest BCUT2D eigenvalue weighted by Gasteiger charge is -2.36. The van der Waals surface area contributed by atoms with E-state index in [1.807, 2.05) is 91.2 Å². The number of fused-ring (bicyclic) bond motifs is 2. The largest absolute Gasteiger partial charge is 0.460 e. The predicted octanol–water partition coefficient (Wildman–Crippen LogP) is 5.74. The van der Waals surface area contributed by atoms with Gasteiger partial charge < -0.3 is 19.5 Å². The van der Waals surface area contributed by atoms with E-state index in [1.54, 1.807) is 23.9 Å². The number of nitrogens with one attached hydrogen (secondary N) is 2. The number of carbonyl (C=O) groups excluding carboxylic acids is 3. The van der Waals surface area contributed by atoms with Crippen molar-refractivity contribution in [1.82, 2.24) is 5.32 Å². The van der Waals surface area contributed by atoms with Crippen LogP contribution in [0.15, 0.2) is 108 Å². The highest BCUT2D eigenvalue weighted by Crippen LogP contribution is 2.38. The van der Waals surface area contributed by atoms with Gasteiger partial charge in [-0.05, 0) is 64.2 Å². The summed E-state index contributed by atoms with van der Waals surface area (Å²) < 4.78 is 17.3. The van der Waals surface area contributed by atoms with Crippen molar-refractivity contribution in [1.29, 1.82) is 0 Å². The molecule has 2 N–H and O–H groups in total. The zero-order chi connectivity index (χ0) is 31.1. The summed E-state index contributed by atoms with van der Waals surface area (Å²) in [6, 6.07) is 28.7. The monoisotopic (exact) mass is 608 g/mol. The van der Waals surface area contributed by atoms with E-state index >= 15 is 0 Å². The number of carbonyl (C=O) groups is 3. The summed E-state index contributed by atoms with van der Waals surface area (Å²) in [5.41, 5.74) is 2.06. The molecule has 0 heterocycles. The van der Waals surface area contributed by atoms with Crippen LogP contribution in [0.2, 0.25) is 0 Å². The van der Waals surface area contributed by atoms with E-state index in [4.69, 9.17) is 14.2 Å². The van der Waals surface area contributed by atoms with Crippen LogP contribution in [0.4, 0.5) is 15.3 Å². The summed E-state index contributed by atoms with van der Waals surface area (Å²) in [4.78, 5) is 39.6. The molecule has 2 amide bonds. The number of esters is 1. The van der Waals surface area contributed by atoms with Crippen molar-refractivity contribution >= 4 is 58.0 Å². The molecule has 0 radical (unpaired) electrons. The molecule has 0 aromatic heterocycles.